The van der Waals surface area contributed by atoms with E-state index >= 15 is 0 Å². The molecule has 0 spiro atoms. The first-order valence-electron chi connectivity index (χ1n) is 10.3. The Morgan fingerprint density at radius 2 is 1.97 bits per heavy atom. The predicted octanol–water partition coefficient (Wildman–Crippen LogP) is 4.67. The largest absolute Gasteiger partial charge is 0.493 e. The van der Waals surface area contributed by atoms with E-state index in [0.29, 0.717) is 11.8 Å². The average molecular weight is 444 g/mol. The molecule has 0 saturated heterocycles. The van der Waals surface area contributed by atoms with Crippen LogP contribution in [-0.4, -0.2) is 38.6 Å². The topological polar surface area (TPSA) is 83.0 Å². The molecular formula is C24H21N5O2S. The molecule has 2 aliphatic heterocycles. The number of carbonyl (C=O) groups is 1. The molecule has 0 aliphatic carbocycles. The number of hydrogen-bond acceptors (Lipinski definition) is 5. The monoisotopic (exact) mass is 443 g/mol. The van der Waals surface area contributed by atoms with Crippen molar-refractivity contribution in [2.45, 2.75) is 19.9 Å². The van der Waals surface area contributed by atoms with Crippen molar-refractivity contribution in [3.05, 3.63) is 71.4 Å². The summed E-state index contributed by atoms with van der Waals surface area (Å²) >= 11 is 1.24. The summed E-state index contributed by atoms with van der Waals surface area (Å²) in [6.45, 7) is 3.42. The van der Waals surface area contributed by atoms with Crippen LogP contribution in [0.2, 0.25) is 0 Å². The zero-order valence-corrected chi connectivity index (χ0v) is 18.3. The third-order valence-electron chi connectivity index (χ3n) is 5.41. The van der Waals surface area contributed by atoms with E-state index in [1.165, 1.54) is 16.8 Å². The van der Waals surface area contributed by atoms with Crippen LogP contribution in [0.1, 0.15) is 17.5 Å². The van der Waals surface area contributed by atoms with Gasteiger partial charge >= 0.3 is 0 Å². The molecule has 32 heavy (non-hydrogen) atoms. The summed E-state index contributed by atoms with van der Waals surface area (Å²) in [5.74, 6) is 0.541. The molecule has 7 nitrogen and oxygen atoms in total. The van der Waals surface area contributed by atoms with Gasteiger partial charge in [0, 0.05) is 29.2 Å². The molecule has 2 aliphatic rings. The van der Waals surface area contributed by atoms with E-state index in [0.717, 1.165) is 40.7 Å². The van der Waals surface area contributed by atoms with Crippen molar-refractivity contribution in [2.75, 3.05) is 6.61 Å². The predicted molar refractivity (Wildman–Crippen MR) is 129 cm³/mol. The maximum absolute atomic E-state index is 12.6. The van der Waals surface area contributed by atoms with Crippen LogP contribution in [0.3, 0.4) is 0 Å². The minimum atomic E-state index is -0.414. The Kier molecular flexibility index (Phi) is 5.36. The Morgan fingerprint density at radius 1 is 1.16 bits per heavy atom. The Hall–Kier alpha value is -3.65. The number of aliphatic imine (C=N–C) groups is 1. The van der Waals surface area contributed by atoms with E-state index in [1.54, 1.807) is 11.6 Å². The summed E-state index contributed by atoms with van der Waals surface area (Å²) in [7, 11) is 0. The van der Waals surface area contributed by atoms with Crippen molar-refractivity contribution in [1.82, 2.24) is 9.58 Å². The molecule has 1 amide bonds. The van der Waals surface area contributed by atoms with E-state index < -0.39 is 5.91 Å². The van der Waals surface area contributed by atoms with Gasteiger partial charge in [-0.1, -0.05) is 36.4 Å². The number of aryl methyl sites for hydroxylation is 2. The van der Waals surface area contributed by atoms with Crippen LogP contribution in [0, 0.1) is 12.3 Å². The Balaban J connectivity index is 1.38. The van der Waals surface area contributed by atoms with Crippen molar-refractivity contribution < 1.29 is 9.53 Å². The summed E-state index contributed by atoms with van der Waals surface area (Å²) in [5.41, 5.74) is 4.89. The molecule has 3 heterocycles. The second-order valence-electron chi connectivity index (χ2n) is 7.52. The number of aromatic nitrogens is 1. The molecule has 5 rings (SSSR count). The first kappa shape index (κ1) is 20.3. The zero-order valence-electron chi connectivity index (χ0n) is 17.5. The van der Waals surface area contributed by atoms with Crippen molar-refractivity contribution >= 4 is 51.2 Å². The van der Waals surface area contributed by atoms with Gasteiger partial charge < -0.3 is 9.30 Å². The number of ether oxygens (including phenoxy) is 1. The molecule has 0 atom stereocenters. The van der Waals surface area contributed by atoms with E-state index in [1.807, 2.05) is 55.6 Å². The molecule has 160 valence electrons. The summed E-state index contributed by atoms with van der Waals surface area (Å²) in [5, 5.41) is 15.4. The smallest absolute Gasteiger partial charge is 0.283 e. The summed E-state index contributed by atoms with van der Waals surface area (Å²) in [6.07, 6.45) is 4.60. The lowest BCUT2D eigenvalue weighted by Gasteiger charge is -2.20. The second kappa shape index (κ2) is 8.47. The standard InChI is InChI=1S/C24H21N5O2S/c1-16-7-2-5-10-21(16)31-12-6-11-28-14-17(18-8-3-4-9-20(18)28)13-19-22(25)29-24(27-23(19)30)32-15-26-29/h2-5,7-10,13-15,25H,6,11-12H2,1H3/b19-13-,25-22?. The quantitative estimate of drug-likeness (QED) is 0.443. The molecule has 0 bridgehead atoms. The molecule has 1 N–H and O–H groups in total. The van der Waals surface area contributed by atoms with Crippen LogP contribution in [0.25, 0.3) is 17.0 Å². The van der Waals surface area contributed by atoms with Crippen LogP contribution in [0.4, 0.5) is 0 Å². The molecule has 8 heteroatoms. The van der Waals surface area contributed by atoms with Gasteiger partial charge in [-0.05, 0) is 48.9 Å². The Bertz CT molecular complexity index is 1320. The highest BCUT2D eigenvalue weighted by atomic mass is 32.2. The van der Waals surface area contributed by atoms with Gasteiger partial charge in [-0.3, -0.25) is 10.2 Å². The van der Waals surface area contributed by atoms with E-state index in [9.17, 15) is 4.79 Å². The number of carbonyl (C=O) groups excluding carboxylic acids is 1. The van der Waals surface area contributed by atoms with Crippen LogP contribution < -0.4 is 4.74 Å². The molecule has 0 unspecified atom stereocenters. The lowest BCUT2D eigenvalue weighted by atomic mass is 10.1. The maximum atomic E-state index is 12.6. The highest BCUT2D eigenvalue weighted by Gasteiger charge is 2.32. The number of amides is 1. The SMILES string of the molecule is Cc1ccccc1OCCCn1cc(/C=C2/C(=N)N3N=CSC3=NC2=O)c2ccccc21. The van der Waals surface area contributed by atoms with Gasteiger partial charge in [0.25, 0.3) is 5.91 Å². The third-order valence-corrected chi connectivity index (χ3v) is 6.08. The third kappa shape index (κ3) is 3.73. The fraction of sp³-hybridized carbons (Fsp3) is 0.167. The zero-order chi connectivity index (χ0) is 22.1. The number of amidine groups is 2. The summed E-state index contributed by atoms with van der Waals surface area (Å²) < 4.78 is 8.10. The van der Waals surface area contributed by atoms with Gasteiger partial charge in [-0.25, -0.2) is 0 Å². The normalized spacial score (nSPS) is 16.7. The molecule has 1 aromatic heterocycles. The van der Waals surface area contributed by atoms with E-state index in [2.05, 4.69) is 20.7 Å². The number of hydrogen-bond donors (Lipinski definition) is 1. The maximum Gasteiger partial charge on any atom is 0.283 e. The van der Waals surface area contributed by atoms with Crippen LogP contribution in [0.5, 0.6) is 5.75 Å². The number of para-hydroxylation sites is 2. The fourth-order valence-corrected chi connectivity index (χ4v) is 4.41. The van der Waals surface area contributed by atoms with Crippen LogP contribution in [-0.2, 0) is 11.3 Å². The van der Waals surface area contributed by atoms with E-state index in [-0.39, 0.29) is 11.4 Å². The molecule has 0 fully saturated rings. The van der Waals surface area contributed by atoms with E-state index in [4.69, 9.17) is 10.1 Å². The number of nitrogens with zero attached hydrogens (tertiary/aromatic N) is 4. The molecule has 2 aromatic carbocycles. The number of thioether (sulfide) groups is 1. The number of nitrogens with one attached hydrogen (secondary N) is 1. The number of hydrazone groups is 1. The van der Waals surface area contributed by atoms with Crippen LogP contribution >= 0.6 is 11.8 Å². The second-order valence-corrected chi connectivity index (χ2v) is 8.33. The van der Waals surface area contributed by atoms with Gasteiger partial charge in [-0.2, -0.15) is 15.1 Å². The van der Waals surface area contributed by atoms with Gasteiger partial charge in [0.1, 0.15) is 5.75 Å². The fourth-order valence-electron chi connectivity index (χ4n) is 3.80. The molecule has 3 aromatic rings. The van der Waals surface area contributed by atoms with Gasteiger partial charge in [0.2, 0.25) is 0 Å². The first-order valence-corrected chi connectivity index (χ1v) is 11.2. The highest BCUT2D eigenvalue weighted by molar-refractivity contribution is 8.25. The summed E-state index contributed by atoms with van der Waals surface area (Å²) in [6, 6.07) is 16.1. The first-order chi connectivity index (χ1) is 15.6. The molecule has 0 radical (unpaired) electrons. The van der Waals surface area contributed by atoms with Crippen molar-refractivity contribution in [1.29, 1.82) is 5.41 Å². The van der Waals surface area contributed by atoms with Crippen LogP contribution in [0.15, 0.2) is 70.4 Å². The minimum absolute atomic E-state index is 0.0460. The van der Waals surface area contributed by atoms with Gasteiger partial charge in [0.15, 0.2) is 11.0 Å². The minimum Gasteiger partial charge on any atom is -0.493 e. The lowest BCUT2D eigenvalue weighted by Crippen LogP contribution is -2.35. The highest BCUT2D eigenvalue weighted by Crippen LogP contribution is 2.28. The Labute approximate surface area is 189 Å². The van der Waals surface area contributed by atoms with Crippen molar-refractivity contribution in [3.63, 3.8) is 0 Å². The van der Waals surface area contributed by atoms with Gasteiger partial charge in [-0.15, -0.1) is 0 Å². The van der Waals surface area contributed by atoms with Crippen molar-refractivity contribution in [3.8, 4) is 5.75 Å². The molecular weight excluding hydrogens is 422 g/mol. The number of benzene rings is 2. The van der Waals surface area contributed by atoms with Crippen molar-refractivity contribution in [2.24, 2.45) is 10.1 Å². The van der Waals surface area contributed by atoms with Gasteiger partial charge in [0.05, 0.1) is 17.7 Å². The molecule has 0 saturated carbocycles. The average Bonchev–Trinajstić information content (AvgIpc) is 3.40. The number of fused-ring (bicyclic) bond motifs is 2. The Morgan fingerprint density at radius 3 is 2.84 bits per heavy atom. The number of rotatable bonds is 6. The lowest BCUT2D eigenvalue weighted by molar-refractivity contribution is -0.114. The summed E-state index contributed by atoms with van der Waals surface area (Å²) in [4.78, 5) is 16.6.